The van der Waals surface area contributed by atoms with Crippen LogP contribution >= 0.6 is 0 Å². The Morgan fingerprint density at radius 1 is 1.24 bits per heavy atom. The van der Waals surface area contributed by atoms with Gasteiger partial charge in [-0.1, -0.05) is 26.8 Å². The Morgan fingerprint density at radius 2 is 1.86 bits per heavy atom. The normalized spacial score (nSPS) is 12.9. The highest BCUT2D eigenvalue weighted by atomic mass is 32.2. The molecule has 0 heterocycles. The zero-order chi connectivity index (χ0) is 16.3. The van der Waals surface area contributed by atoms with Crippen molar-refractivity contribution < 1.29 is 8.42 Å². The minimum Gasteiger partial charge on any atom is -0.310 e. The van der Waals surface area contributed by atoms with E-state index in [4.69, 9.17) is 0 Å². The first kappa shape index (κ1) is 18.1. The van der Waals surface area contributed by atoms with Gasteiger partial charge in [0.2, 0.25) is 10.0 Å². The molecule has 0 spiro atoms. The molecule has 0 atom stereocenters. The summed E-state index contributed by atoms with van der Waals surface area (Å²) < 4.78 is 27.7. The van der Waals surface area contributed by atoms with Crippen molar-refractivity contribution in [2.45, 2.75) is 71.0 Å². The Hall–Kier alpha value is -0.910. The molecule has 0 saturated carbocycles. The summed E-state index contributed by atoms with van der Waals surface area (Å²) in [6.45, 7) is 12.6. The number of aryl methyl sites for hydroxylation is 1. The van der Waals surface area contributed by atoms with E-state index < -0.39 is 15.6 Å². The van der Waals surface area contributed by atoms with Gasteiger partial charge in [-0.3, -0.25) is 0 Å². The largest absolute Gasteiger partial charge is 0.310 e. The van der Waals surface area contributed by atoms with E-state index in [1.807, 2.05) is 33.8 Å². The average molecular weight is 312 g/mol. The SMILES string of the molecule is CCC(C)(C)NS(=O)(=O)c1ccc(C)c(CNC(C)C)c1. The number of benzene rings is 1. The molecule has 0 aliphatic rings. The molecule has 1 rings (SSSR count). The van der Waals surface area contributed by atoms with E-state index in [2.05, 4.69) is 23.9 Å². The van der Waals surface area contributed by atoms with Crippen LogP contribution in [0.1, 0.15) is 52.2 Å². The summed E-state index contributed by atoms with van der Waals surface area (Å²) in [5, 5.41) is 3.33. The Morgan fingerprint density at radius 3 is 2.38 bits per heavy atom. The third-order valence-electron chi connectivity index (χ3n) is 3.63. The summed E-state index contributed by atoms with van der Waals surface area (Å²) >= 11 is 0. The summed E-state index contributed by atoms with van der Waals surface area (Å²) in [7, 11) is -3.49. The molecule has 0 fully saturated rings. The van der Waals surface area contributed by atoms with E-state index >= 15 is 0 Å². The van der Waals surface area contributed by atoms with Crippen molar-refractivity contribution in [1.29, 1.82) is 0 Å². The second kappa shape index (κ2) is 6.90. The van der Waals surface area contributed by atoms with Crippen molar-refractivity contribution >= 4 is 10.0 Å². The number of hydrogen-bond donors (Lipinski definition) is 2. The molecule has 0 aromatic heterocycles. The van der Waals surface area contributed by atoms with Gasteiger partial charge in [-0.25, -0.2) is 13.1 Å². The molecular formula is C16H28N2O2S. The first-order valence-electron chi connectivity index (χ1n) is 7.44. The lowest BCUT2D eigenvalue weighted by Gasteiger charge is -2.24. The van der Waals surface area contributed by atoms with Crippen LogP contribution in [-0.4, -0.2) is 20.0 Å². The summed E-state index contributed by atoms with van der Waals surface area (Å²) in [6, 6.07) is 5.66. The molecule has 0 bridgehead atoms. The molecule has 0 aliphatic heterocycles. The van der Waals surface area contributed by atoms with E-state index in [1.165, 1.54) is 0 Å². The fourth-order valence-electron chi connectivity index (χ4n) is 1.81. The van der Waals surface area contributed by atoms with Gasteiger partial charge >= 0.3 is 0 Å². The van der Waals surface area contributed by atoms with Crippen LogP contribution < -0.4 is 10.0 Å². The summed E-state index contributed by atoms with van der Waals surface area (Å²) in [5.41, 5.74) is 1.66. The monoisotopic (exact) mass is 312 g/mol. The first-order valence-corrected chi connectivity index (χ1v) is 8.92. The maximum atomic E-state index is 12.5. The van der Waals surface area contributed by atoms with Crippen molar-refractivity contribution in [1.82, 2.24) is 10.0 Å². The van der Waals surface area contributed by atoms with Gasteiger partial charge in [0, 0.05) is 18.1 Å². The van der Waals surface area contributed by atoms with Gasteiger partial charge in [0.15, 0.2) is 0 Å². The van der Waals surface area contributed by atoms with Crippen molar-refractivity contribution in [2.24, 2.45) is 0 Å². The third kappa shape index (κ3) is 5.41. The van der Waals surface area contributed by atoms with Gasteiger partial charge < -0.3 is 5.32 Å². The number of nitrogens with one attached hydrogen (secondary N) is 2. The fourth-order valence-corrected chi connectivity index (χ4v) is 3.35. The Kier molecular flexibility index (Phi) is 5.96. The minimum absolute atomic E-state index is 0.329. The Bertz CT molecular complexity index is 578. The summed E-state index contributed by atoms with van der Waals surface area (Å²) in [5.74, 6) is 0. The van der Waals surface area contributed by atoms with Crippen LogP contribution in [0.2, 0.25) is 0 Å². The second-order valence-corrected chi connectivity index (χ2v) is 8.15. The topological polar surface area (TPSA) is 58.2 Å². The zero-order valence-electron chi connectivity index (χ0n) is 13.9. The standard InChI is InChI=1S/C16H28N2O2S/c1-7-16(5,6)18-21(19,20)15-9-8-13(4)14(10-15)11-17-12(2)3/h8-10,12,17-18H,7,11H2,1-6H3. The van der Waals surface area contributed by atoms with Crippen LogP contribution in [0.5, 0.6) is 0 Å². The molecule has 4 nitrogen and oxygen atoms in total. The molecule has 5 heteroatoms. The molecule has 0 saturated heterocycles. The lowest BCUT2D eigenvalue weighted by atomic mass is 10.0. The van der Waals surface area contributed by atoms with Gasteiger partial charge in [0.05, 0.1) is 4.90 Å². The fraction of sp³-hybridized carbons (Fsp3) is 0.625. The molecule has 21 heavy (non-hydrogen) atoms. The van der Waals surface area contributed by atoms with Crippen molar-refractivity contribution in [2.75, 3.05) is 0 Å². The van der Waals surface area contributed by atoms with E-state index in [-0.39, 0.29) is 0 Å². The third-order valence-corrected chi connectivity index (χ3v) is 5.32. The molecule has 120 valence electrons. The van der Waals surface area contributed by atoms with Gasteiger partial charge in [-0.2, -0.15) is 0 Å². The van der Waals surface area contributed by atoms with Gasteiger partial charge in [0.1, 0.15) is 0 Å². The van der Waals surface area contributed by atoms with E-state index in [0.717, 1.165) is 17.5 Å². The van der Waals surface area contributed by atoms with Gasteiger partial charge in [-0.05, 0) is 50.5 Å². The van der Waals surface area contributed by atoms with Crippen LogP contribution in [0.4, 0.5) is 0 Å². The van der Waals surface area contributed by atoms with Crippen LogP contribution in [0.25, 0.3) is 0 Å². The highest BCUT2D eigenvalue weighted by Gasteiger charge is 2.24. The smallest absolute Gasteiger partial charge is 0.241 e. The van der Waals surface area contributed by atoms with Crippen LogP contribution in [-0.2, 0) is 16.6 Å². The van der Waals surface area contributed by atoms with Crippen molar-refractivity contribution in [3.63, 3.8) is 0 Å². The zero-order valence-corrected chi connectivity index (χ0v) is 14.8. The lowest BCUT2D eigenvalue weighted by molar-refractivity contribution is 0.439. The average Bonchev–Trinajstić information content (AvgIpc) is 2.36. The van der Waals surface area contributed by atoms with Crippen molar-refractivity contribution in [3.8, 4) is 0 Å². The number of hydrogen-bond acceptors (Lipinski definition) is 3. The van der Waals surface area contributed by atoms with Crippen LogP contribution in [0, 0.1) is 6.92 Å². The van der Waals surface area contributed by atoms with E-state index in [9.17, 15) is 8.42 Å². The molecule has 1 aromatic rings. The number of rotatable bonds is 7. The van der Waals surface area contributed by atoms with Gasteiger partial charge in [-0.15, -0.1) is 0 Å². The first-order chi connectivity index (χ1) is 9.57. The second-order valence-electron chi connectivity index (χ2n) is 6.47. The van der Waals surface area contributed by atoms with E-state index in [1.54, 1.807) is 12.1 Å². The molecule has 0 amide bonds. The van der Waals surface area contributed by atoms with Crippen LogP contribution in [0.3, 0.4) is 0 Å². The Balaban J connectivity index is 3.05. The Labute approximate surface area is 129 Å². The minimum atomic E-state index is -3.49. The number of sulfonamides is 1. The maximum absolute atomic E-state index is 12.5. The molecular weight excluding hydrogens is 284 g/mol. The predicted octanol–water partition coefficient (Wildman–Crippen LogP) is 2.96. The van der Waals surface area contributed by atoms with Gasteiger partial charge in [0.25, 0.3) is 0 Å². The quantitative estimate of drug-likeness (QED) is 0.814. The van der Waals surface area contributed by atoms with Crippen LogP contribution in [0.15, 0.2) is 23.1 Å². The van der Waals surface area contributed by atoms with Crippen molar-refractivity contribution in [3.05, 3.63) is 29.3 Å². The summed E-state index contributed by atoms with van der Waals surface area (Å²) in [4.78, 5) is 0.329. The molecule has 1 aromatic carbocycles. The highest BCUT2D eigenvalue weighted by Crippen LogP contribution is 2.19. The summed E-state index contributed by atoms with van der Waals surface area (Å²) in [6.07, 6.45) is 0.736. The molecule has 2 N–H and O–H groups in total. The molecule has 0 unspecified atom stereocenters. The van der Waals surface area contributed by atoms with E-state index in [0.29, 0.717) is 17.5 Å². The highest BCUT2D eigenvalue weighted by molar-refractivity contribution is 7.89. The molecule has 0 radical (unpaired) electrons. The predicted molar refractivity (Wildman–Crippen MR) is 87.8 cm³/mol. The maximum Gasteiger partial charge on any atom is 0.241 e. The molecule has 0 aliphatic carbocycles. The lowest BCUT2D eigenvalue weighted by Crippen LogP contribution is -2.42.